The highest BCUT2D eigenvalue weighted by molar-refractivity contribution is 5.68. The topological polar surface area (TPSA) is 42.0 Å². The van der Waals surface area contributed by atoms with Crippen molar-refractivity contribution in [3.63, 3.8) is 0 Å². The van der Waals surface area contributed by atoms with E-state index in [0.29, 0.717) is 19.8 Å². The van der Waals surface area contributed by atoms with E-state index in [4.69, 9.17) is 9.47 Å². The molecule has 1 unspecified atom stereocenters. The molecule has 1 saturated heterocycles. The van der Waals surface area contributed by atoms with E-state index in [0.717, 1.165) is 35.7 Å². The van der Waals surface area contributed by atoms with Crippen molar-refractivity contribution in [1.82, 2.24) is 4.90 Å². The first kappa shape index (κ1) is 20.8. The zero-order valence-electron chi connectivity index (χ0n) is 17.8. The maximum atomic E-state index is 12.5. The normalized spacial score (nSPS) is 16.1. The number of rotatable bonds is 6. The molecule has 1 heterocycles. The van der Waals surface area contributed by atoms with Crippen LogP contribution in [-0.2, 0) is 18.0 Å². The van der Waals surface area contributed by atoms with Crippen molar-refractivity contribution in [2.45, 2.75) is 26.2 Å². The average Bonchev–Trinajstić information content (AvgIpc) is 2.83. The highest BCUT2D eigenvalue weighted by Gasteiger charge is 2.28. The van der Waals surface area contributed by atoms with Crippen molar-refractivity contribution in [3.8, 4) is 5.75 Å². The van der Waals surface area contributed by atoms with E-state index in [1.807, 2.05) is 65.6 Å². The Morgan fingerprint density at radius 3 is 2.06 bits per heavy atom. The molecule has 0 N–H and O–H groups in total. The fraction of sp³-hybridized carbons (Fsp3) is 0.269. The number of benzene rings is 3. The Kier molecular flexibility index (Phi) is 6.72. The van der Waals surface area contributed by atoms with E-state index in [1.165, 1.54) is 0 Å². The molecule has 1 aliphatic rings. The van der Waals surface area contributed by atoms with Crippen LogP contribution in [0, 0.1) is 0 Å². The van der Waals surface area contributed by atoms with E-state index < -0.39 is 0 Å². The Bertz CT molecular complexity index is 961. The first-order valence-electron chi connectivity index (χ1n) is 10.7. The van der Waals surface area contributed by atoms with Gasteiger partial charge in [0.2, 0.25) is 0 Å². The molecule has 5 heteroatoms. The molecule has 0 spiro atoms. The van der Waals surface area contributed by atoms with Gasteiger partial charge >= 0.3 is 6.09 Å². The number of amides is 1. The SMILES string of the molecule is CC1CN(c2ccc(OCc3ccccc3)cc2)CCN1C(=O)OCc1ccccc1. The molecule has 31 heavy (non-hydrogen) atoms. The largest absolute Gasteiger partial charge is 0.489 e. The number of carbonyl (C=O) groups excluding carboxylic acids is 1. The molecule has 0 aliphatic carbocycles. The molecule has 4 rings (SSSR count). The van der Waals surface area contributed by atoms with Crippen molar-refractivity contribution in [3.05, 3.63) is 96.1 Å². The first-order chi connectivity index (χ1) is 15.2. The summed E-state index contributed by atoms with van der Waals surface area (Å²) in [6, 6.07) is 28.1. The van der Waals surface area contributed by atoms with Gasteiger partial charge in [0.05, 0.1) is 0 Å². The van der Waals surface area contributed by atoms with Crippen molar-refractivity contribution in [2.75, 3.05) is 24.5 Å². The van der Waals surface area contributed by atoms with E-state index in [9.17, 15) is 4.79 Å². The van der Waals surface area contributed by atoms with Gasteiger partial charge < -0.3 is 19.3 Å². The second-order valence-corrected chi connectivity index (χ2v) is 7.80. The van der Waals surface area contributed by atoms with Gasteiger partial charge in [-0.2, -0.15) is 0 Å². The number of anilines is 1. The quantitative estimate of drug-likeness (QED) is 0.560. The predicted octanol–water partition coefficient (Wildman–Crippen LogP) is 5.11. The van der Waals surface area contributed by atoms with Gasteiger partial charge in [0, 0.05) is 31.4 Å². The lowest BCUT2D eigenvalue weighted by Gasteiger charge is -2.40. The highest BCUT2D eigenvalue weighted by atomic mass is 16.6. The summed E-state index contributed by atoms with van der Waals surface area (Å²) in [6.45, 7) is 5.10. The molecule has 0 radical (unpaired) electrons. The summed E-state index contributed by atoms with van der Waals surface area (Å²) in [6.07, 6.45) is -0.249. The highest BCUT2D eigenvalue weighted by Crippen LogP contribution is 2.23. The number of piperazine rings is 1. The summed E-state index contributed by atoms with van der Waals surface area (Å²) in [5, 5.41) is 0. The van der Waals surface area contributed by atoms with Gasteiger partial charge in [-0.1, -0.05) is 60.7 Å². The van der Waals surface area contributed by atoms with Gasteiger partial charge in [-0.3, -0.25) is 0 Å². The van der Waals surface area contributed by atoms with Gasteiger partial charge in [-0.25, -0.2) is 4.79 Å². The molecular formula is C26H28N2O3. The minimum absolute atomic E-state index is 0.0750. The van der Waals surface area contributed by atoms with Gasteiger partial charge in [0.25, 0.3) is 0 Å². The Balaban J connectivity index is 1.27. The average molecular weight is 417 g/mol. The molecule has 3 aromatic carbocycles. The zero-order valence-corrected chi connectivity index (χ0v) is 17.8. The third-order valence-electron chi connectivity index (χ3n) is 5.52. The number of carbonyl (C=O) groups is 1. The van der Waals surface area contributed by atoms with E-state index in [1.54, 1.807) is 0 Å². The number of ether oxygens (including phenoxy) is 2. The summed E-state index contributed by atoms with van der Waals surface area (Å²) in [4.78, 5) is 16.6. The number of hydrogen-bond acceptors (Lipinski definition) is 4. The summed E-state index contributed by atoms with van der Waals surface area (Å²) >= 11 is 0. The number of hydrogen-bond donors (Lipinski definition) is 0. The minimum atomic E-state index is -0.249. The molecule has 3 aromatic rings. The maximum absolute atomic E-state index is 12.5. The molecule has 1 atom stereocenters. The van der Waals surface area contributed by atoms with Crippen molar-refractivity contribution < 1.29 is 14.3 Å². The van der Waals surface area contributed by atoms with Gasteiger partial charge in [0.15, 0.2) is 0 Å². The zero-order chi connectivity index (χ0) is 21.5. The Morgan fingerprint density at radius 2 is 1.45 bits per heavy atom. The maximum Gasteiger partial charge on any atom is 0.410 e. The van der Waals surface area contributed by atoms with Gasteiger partial charge in [-0.05, 0) is 42.3 Å². The van der Waals surface area contributed by atoms with Crippen molar-refractivity contribution in [1.29, 1.82) is 0 Å². The van der Waals surface area contributed by atoms with Crippen LogP contribution in [0.4, 0.5) is 10.5 Å². The van der Waals surface area contributed by atoms with Crippen LogP contribution >= 0.6 is 0 Å². The van der Waals surface area contributed by atoms with Crippen LogP contribution in [0.2, 0.25) is 0 Å². The minimum Gasteiger partial charge on any atom is -0.489 e. The lowest BCUT2D eigenvalue weighted by atomic mass is 10.1. The Morgan fingerprint density at radius 1 is 0.839 bits per heavy atom. The van der Waals surface area contributed by atoms with Crippen LogP contribution in [0.15, 0.2) is 84.9 Å². The summed E-state index contributed by atoms with van der Waals surface area (Å²) in [5.74, 6) is 0.851. The monoisotopic (exact) mass is 416 g/mol. The first-order valence-corrected chi connectivity index (χ1v) is 10.7. The van der Waals surface area contributed by atoms with Crippen molar-refractivity contribution in [2.24, 2.45) is 0 Å². The lowest BCUT2D eigenvalue weighted by molar-refractivity contribution is 0.0795. The van der Waals surface area contributed by atoms with Crippen LogP contribution in [0.5, 0.6) is 5.75 Å². The smallest absolute Gasteiger partial charge is 0.410 e. The standard InChI is InChI=1S/C26H28N2O3/c1-21-18-27(16-17-28(21)26(29)31-20-23-10-6-3-7-11-23)24-12-14-25(15-13-24)30-19-22-8-4-2-5-9-22/h2-15,21H,16-20H2,1H3. The van der Waals surface area contributed by atoms with Gasteiger partial charge in [-0.15, -0.1) is 0 Å². The molecule has 0 bridgehead atoms. The molecule has 1 amide bonds. The number of nitrogens with zero attached hydrogens (tertiary/aromatic N) is 2. The van der Waals surface area contributed by atoms with E-state index in [-0.39, 0.29) is 12.1 Å². The van der Waals surface area contributed by atoms with Crippen LogP contribution in [0.3, 0.4) is 0 Å². The van der Waals surface area contributed by atoms with Crippen LogP contribution in [0.1, 0.15) is 18.1 Å². The summed E-state index contributed by atoms with van der Waals surface area (Å²) in [7, 11) is 0. The Hall–Kier alpha value is -3.47. The second kappa shape index (κ2) is 10.0. The third-order valence-corrected chi connectivity index (χ3v) is 5.52. The summed E-state index contributed by atoms with van der Waals surface area (Å²) in [5.41, 5.74) is 3.28. The summed E-state index contributed by atoms with van der Waals surface area (Å²) < 4.78 is 11.4. The van der Waals surface area contributed by atoms with Crippen molar-refractivity contribution >= 4 is 11.8 Å². The molecule has 160 valence electrons. The van der Waals surface area contributed by atoms with Gasteiger partial charge in [0.1, 0.15) is 19.0 Å². The van der Waals surface area contributed by atoms with Crippen LogP contribution in [-0.4, -0.2) is 36.7 Å². The lowest BCUT2D eigenvalue weighted by Crippen LogP contribution is -2.54. The van der Waals surface area contributed by atoms with E-state index >= 15 is 0 Å². The molecule has 1 aliphatic heterocycles. The Labute approximate surface area is 183 Å². The molecule has 0 aromatic heterocycles. The second-order valence-electron chi connectivity index (χ2n) is 7.80. The third kappa shape index (κ3) is 5.57. The van der Waals surface area contributed by atoms with Crippen LogP contribution < -0.4 is 9.64 Å². The fourth-order valence-electron chi connectivity index (χ4n) is 3.76. The fourth-order valence-corrected chi connectivity index (χ4v) is 3.76. The molecular weight excluding hydrogens is 388 g/mol. The molecule has 0 saturated carbocycles. The molecule has 1 fully saturated rings. The predicted molar refractivity (Wildman–Crippen MR) is 122 cm³/mol. The van der Waals surface area contributed by atoms with E-state index in [2.05, 4.69) is 36.1 Å². The van der Waals surface area contributed by atoms with Crippen LogP contribution in [0.25, 0.3) is 0 Å². The molecule has 5 nitrogen and oxygen atoms in total.